The Balaban J connectivity index is 1.96. The van der Waals surface area contributed by atoms with Crippen LogP contribution in [-0.4, -0.2) is 11.8 Å². The van der Waals surface area contributed by atoms with Gasteiger partial charge in [0.2, 0.25) is 0 Å². The van der Waals surface area contributed by atoms with E-state index in [2.05, 4.69) is 0 Å². The lowest BCUT2D eigenvalue weighted by Gasteiger charge is -2.28. The van der Waals surface area contributed by atoms with Crippen molar-refractivity contribution < 1.29 is 4.39 Å². The van der Waals surface area contributed by atoms with Crippen LogP contribution in [0.25, 0.3) is 0 Å². The van der Waals surface area contributed by atoms with Gasteiger partial charge in [0.15, 0.2) is 0 Å². The monoisotopic (exact) mass is 253 g/mol. The van der Waals surface area contributed by atoms with Crippen molar-refractivity contribution in [2.75, 3.05) is 6.54 Å². The summed E-state index contributed by atoms with van der Waals surface area (Å²) < 4.78 is 12.8. The Morgan fingerprint density at radius 3 is 2.41 bits per heavy atom. The maximum Gasteiger partial charge on any atom is 0.123 e. The van der Waals surface area contributed by atoms with Gasteiger partial charge in [-0.2, -0.15) is 0 Å². The lowest BCUT2D eigenvalue weighted by atomic mass is 9.87. The molecule has 1 fully saturated rings. The van der Waals surface area contributed by atoms with Gasteiger partial charge >= 0.3 is 0 Å². The Kier molecular flexibility index (Phi) is 4.86. The SMILES string of the molecule is NCC(Sc1ccc(F)cc1)C1CCCCC1. The van der Waals surface area contributed by atoms with Crippen molar-refractivity contribution in [3.05, 3.63) is 30.1 Å². The second-order valence-electron chi connectivity index (χ2n) is 4.74. The zero-order valence-corrected chi connectivity index (χ0v) is 10.9. The highest BCUT2D eigenvalue weighted by molar-refractivity contribution is 8.00. The highest BCUT2D eigenvalue weighted by Crippen LogP contribution is 2.35. The van der Waals surface area contributed by atoms with Crippen LogP contribution >= 0.6 is 11.8 Å². The molecular formula is C14H20FNS. The average Bonchev–Trinajstić information content (AvgIpc) is 2.39. The Bertz CT molecular complexity index is 333. The van der Waals surface area contributed by atoms with Gasteiger partial charge in [0.05, 0.1) is 0 Å². The molecule has 2 rings (SSSR count). The molecule has 0 bridgehead atoms. The van der Waals surface area contributed by atoms with Crippen LogP contribution in [0.3, 0.4) is 0 Å². The highest BCUT2D eigenvalue weighted by Gasteiger charge is 2.23. The molecule has 1 aliphatic rings. The Morgan fingerprint density at radius 2 is 1.82 bits per heavy atom. The molecule has 94 valence electrons. The van der Waals surface area contributed by atoms with Gasteiger partial charge in [-0.25, -0.2) is 4.39 Å². The van der Waals surface area contributed by atoms with Crippen LogP contribution < -0.4 is 5.73 Å². The van der Waals surface area contributed by atoms with Gasteiger partial charge in [-0.1, -0.05) is 19.3 Å². The van der Waals surface area contributed by atoms with E-state index in [-0.39, 0.29) is 5.82 Å². The van der Waals surface area contributed by atoms with Crippen LogP contribution in [0.4, 0.5) is 4.39 Å². The number of hydrogen-bond donors (Lipinski definition) is 1. The van der Waals surface area contributed by atoms with Crippen molar-refractivity contribution in [2.45, 2.75) is 42.2 Å². The number of benzene rings is 1. The zero-order chi connectivity index (χ0) is 12.1. The minimum atomic E-state index is -0.170. The first kappa shape index (κ1) is 12.9. The number of rotatable bonds is 4. The second-order valence-corrected chi connectivity index (χ2v) is 6.06. The fourth-order valence-corrected chi connectivity index (χ4v) is 3.73. The molecule has 1 saturated carbocycles. The summed E-state index contributed by atoms with van der Waals surface area (Å²) in [6.07, 6.45) is 6.65. The molecule has 1 nitrogen and oxygen atoms in total. The highest BCUT2D eigenvalue weighted by atomic mass is 32.2. The summed E-state index contributed by atoms with van der Waals surface area (Å²) in [5.41, 5.74) is 5.89. The van der Waals surface area contributed by atoms with Gasteiger partial charge < -0.3 is 5.73 Å². The van der Waals surface area contributed by atoms with Crippen LogP contribution in [0.15, 0.2) is 29.2 Å². The Labute approximate surface area is 107 Å². The van der Waals surface area contributed by atoms with Crippen LogP contribution in [-0.2, 0) is 0 Å². The smallest absolute Gasteiger partial charge is 0.123 e. The summed E-state index contributed by atoms with van der Waals surface area (Å²) in [5, 5.41) is 0.487. The largest absolute Gasteiger partial charge is 0.329 e. The van der Waals surface area contributed by atoms with Crippen molar-refractivity contribution in [1.29, 1.82) is 0 Å². The van der Waals surface area contributed by atoms with E-state index in [9.17, 15) is 4.39 Å². The van der Waals surface area contributed by atoms with E-state index in [0.717, 1.165) is 10.8 Å². The van der Waals surface area contributed by atoms with E-state index in [4.69, 9.17) is 5.73 Å². The van der Waals surface area contributed by atoms with Crippen LogP contribution in [0.5, 0.6) is 0 Å². The number of thioether (sulfide) groups is 1. The number of halogens is 1. The van der Waals surface area contributed by atoms with E-state index in [1.165, 1.54) is 44.2 Å². The number of hydrogen-bond acceptors (Lipinski definition) is 2. The lowest BCUT2D eigenvalue weighted by Crippen LogP contribution is -2.27. The Hall–Kier alpha value is -0.540. The topological polar surface area (TPSA) is 26.0 Å². The van der Waals surface area contributed by atoms with Crippen molar-refractivity contribution in [3.63, 3.8) is 0 Å². The minimum absolute atomic E-state index is 0.170. The number of nitrogens with two attached hydrogens (primary N) is 1. The van der Waals surface area contributed by atoms with Gasteiger partial charge in [0.25, 0.3) is 0 Å². The molecule has 17 heavy (non-hydrogen) atoms. The third-order valence-corrected chi connectivity index (χ3v) is 4.93. The van der Waals surface area contributed by atoms with Crippen LogP contribution in [0.2, 0.25) is 0 Å². The summed E-state index contributed by atoms with van der Waals surface area (Å²) in [6.45, 7) is 0.715. The summed E-state index contributed by atoms with van der Waals surface area (Å²) in [7, 11) is 0. The first-order chi connectivity index (χ1) is 8.29. The molecule has 0 aromatic heterocycles. The third kappa shape index (κ3) is 3.71. The maximum atomic E-state index is 12.8. The lowest BCUT2D eigenvalue weighted by molar-refractivity contribution is 0.351. The Morgan fingerprint density at radius 1 is 1.18 bits per heavy atom. The summed E-state index contributed by atoms with van der Waals surface area (Å²) in [5.74, 6) is 0.570. The fraction of sp³-hybridized carbons (Fsp3) is 0.571. The molecule has 1 aromatic carbocycles. The van der Waals surface area contributed by atoms with Gasteiger partial charge in [0, 0.05) is 16.7 Å². The second kappa shape index (κ2) is 6.41. The molecule has 0 heterocycles. The van der Waals surface area contributed by atoms with Crippen molar-refractivity contribution in [1.82, 2.24) is 0 Å². The van der Waals surface area contributed by atoms with Crippen molar-refractivity contribution in [2.24, 2.45) is 11.7 Å². The molecule has 3 heteroatoms. The zero-order valence-electron chi connectivity index (χ0n) is 10.1. The predicted octanol–water partition coefficient (Wildman–Crippen LogP) is 3.83. The maximum absolute atomic E-state index is 12.8. The summed E-state index contributed by atoms with van der Waals surface area (Å²) in [6, 6.07) is 6.75. The minimum Gasteiger partial charge on any atom is -0.329 e. The molecule has 0 saturated heterocycles. The van der Waals surface area contributed by atoms with Crippen LogP contribution in [0, 0.1) is 11.7 Å². The average molecular weight is 253 g/mol. The quantitative estimate of drug-likeness (QED) is 0.825. The van der Waals surface area contributed by atoms with E-state index >= 15 is 0 Å². The van der Waals surface area contributed by atoms with Gasteiger partial charge in [-0.3, -0.25) is 0 Å². The van der Waals surface area contributed by atoms with Crippen LogP contribution in [0.1, 0.15) is 32.1 Å². The molecule has 0 amide bonds. The van der Waals surface area contributed by atoms with E-state index in [0.29, 0.717) is 11.8 Å². The first-order valence-electron chi connectivity index (χ1n) is 6.42. The first-order valence-corrected chi connectivity index (χ1v) is 7.30. The van der Waals surface area contributed by atoms with E-state index in [1.54, 1.807) is 0 Å². The predicted molar refractivity (Wildman–Crippen MR) is 71.7 cm³/mol. The third-order valence-electron chi connectivity index (χ3n) is 3.51. The molecule has 2 N–H and O–H groups in total. The van der Waals surface area contributed by atoms with E-state index < -0.39 is 0 Å². The van der Waals surface area contributed by atoms with Crippen molar-refractivity contribution in [3.8, 4) is 0 Å². The van der Waals surface area contributed by atoms with E-state index in [1.807, 2.05) is 23.9 Å². The molecule has 0 aliphatic heterocycles. The normalized spacial score (nSPS) is 19.2. The van der Waals surface area contributed by atoms with Crippen molar-refractivity contribution >= 4 is 11.8 Å². The molecule has 1 aromatic rings. The summed E-state index contributed by atoms with van der Waals surface area (Å²) >= 11 is 1.81. The molecule has 1 unspecified atom stereocenters. The van der Waals surface area contributed by atoms with Gasteiger partial charge in [-0.05, 0) is 43.0 Å². The molecule has 0 spiro atoms. The summed E-state index contributed by atoms with van der Waals surface area (Å²) in [4.78, 5) is 1.13. The molecule has 0 radical (unpaired) electrons. The molecule has 1 atom stereocenters. The van der Waals surface area contributed by atoms with Gasteiger partial charge in [0.1, 0.15) is 5.82 Å². The molecular weight excluding hydrogens is 233 g/mol. The van der Waals surface area contributed by atoms with Gasteiger partial charge in [-0.15, -0.1) is 11.8 Å². The molecule has 1 aliphatic carbocycles. The fourth-order valence-electron chi connectivity index (χ4n) is 2.53. The standard InChI is InChI=1S/C14H20FNS/c15-12-6-8-13(9-7-12)17-14(10-16)11-4-2-1-3-5-11/h6-9,11,14H,1-5,10,16H2.